The van der Waals surface area contributed by atoms with E-state index in [0.29, 0.717) is 23.1 Å². The minimum atomic E-state index is 0.151. The number of ether oxygens (including phenoxy) is 1. The number of phenols is 1. The van der Waals surface area contributed by atoms with Crippen LogP contribution in [0.3, 0.4) is 0 Å². The molecule has 0 bridgehead atoms. The van der Waals surface area contributed by atoms with E-state index in [9.17, 15) is 5.11 Å². The maximum atomic E-state index is 10.5. The molecule has 37 heavy (non-hydrogen) atoms. The maximum Gasteiger partial charge on any atom is 0.219 e. The van der Waals surface area contributed by atoms with E-state index in [1.165, 1.54) is 5.69 Å². The van der Waals surface area contributed by atoms with Crippen LogP contribution in [0.1, 0.15) is 25.3 Å². The molecule has 4 heterocycles. The predicted molar refractivity (Wildman–Crippen MR) is 148 cm³/mol. The van der Waals surface area contributed by atoms with E-state index in [4.69, 9.17) is 9.72 Å². The molecule has 0 unspecified atom stereocenters. The molecule has 1 saturated heterocycles. The van der Waals surface area contributed by atoms with Crippen molar-refractivity contribution in [3.63, 3.8) is 0 Å². The number of rotatable bonds is 5. The van der Waals surface area contributed by atoms with E-state index in [0.717, 1.165) is 51.7 Å². The van der Waals surface area contributed by atoms with E-state index in [-0.39, 0.29) is 5.75 Å². The molecule has 3 aromatic heterocycles. The van der Waals surface area contributed by atoms with Gasteiger partial charge in [-0.15, -0.1) is 0 Å². The van der Waals surface area contributed by atoms with Gasteiger partial charge in [0, 0.05) is 59.3 Å². The van der Waals surface area contributed by atoms with Gasteiger partial charge in [-0.25, -0.2) is 9.97 Å². The number of pyridine rings is 2. The highest BCUT2D eigenvalue weighted by Gasteiger charge is 2.20. The third-order valence-electron chi connectivity index (χ3n) is 7.10. The standard InChI is InChI=1S/C31H26N4O2/c1-19(2)22-9-11-28(36)31-25(22)10-12-30(33-31)37-21-7-8-24-23-5-3-4-6-26(23)35(27(24)18-21)29-17-20(13-14-32-29)34-15-16-34/h3-14,17-19,36H,15-16H2,1-2H3. The molecule has 3 aromatic carbocycles. The summed E-state index contributed by atoms with van der Waals surface area (Å²) < 4.78 is 8.44. The summed E-state index contributed by atoms with van der Waals surface area (Å²) in [7, 11) is 0. The molecule has 6 aromatic rings. The van der Waals surface area contributed by atoms with Gasteiger partial charge in [-0.05, 0) is 47.9 Å². The highest BCUT2D eigenvalue weighted by molar-refractivity contribution is 6.09. The molecule has 6 nitrogen and oxygen atoms in total. The number of fused-ring (bicyclic) bond motifs is 4. The highest BCUT2D eigenvalue weighted by atomic mass is 16.5. The molecule has 6 heteroatoms. The fourth-order valence-corrected chi connectivity index (χ4v) is 5.18. The smallest absolute Gasteiger partial charge is 0.219 e. The monoisotopic (exact) mass is 486 g/mol. The Labute approximate surface area is 214 Å². The summed E-state index contributed by atoms with van der Waals surface area (Å²) in [6, 6.07) is 26.2. The van der Waals surface area contributed by atoms with Gasteiger partial charge in [-0.1, -0.05) is 38.1 Å². The van der Waals surface area contributed by atoms with E-state index in [2.05, 4.69) is 70.8 Å². The summed E-state index contributed by atoms with van der Waals surface area (Å²) >= 11 is 0. The summed E-state index contributed by atoms with van der Waals surface area (Å²) in [6.07, 6.45) is 1.88. The summed E-state index contributed by atoms with van der Waals surface area (Å²) in [6.45, 7) is 6.44. The lowest BCUT2D eigenvalue weighted by molar-refractivity contribution is 0.460. The van der Waals surface area contributed by atoms with Gasteiger partial charge in [0.25, 0.3) is 0 Å². The van der Waals surface area contributed by atoms with Crippen LogP contribution in [-0.2, 0) is 0 Å². The van der Waals surface area contributed by atoms with Crippen LogP contribution in [0.15, 0.2) is 85.1 Å². The normalized spacial score (nSPS) is 13.2. The molecule has 0 aliphatic carbocycles. The zero-order valence-corrected chi connectivity index (χ0v) is 20.7. The molecule has 1 aliphatic heterocycles. The third-order valence-corrected chi connectivity index (χ3v) is 7.10. The van der Waals surface area contributed by atoms with E-state index >= 15 is 0 Å². The molecular formula is C31H26N4O2. The van der Waals surface area contributed by atoms with Crippen molar-refractivity contribution < 1.29 is 9.84 Å². The third kappa shape index (κ3) is 3.64. The number of hydrogen-bond donors (Lipinski definition) is 1. The molecule has 1 N–H and O–H groups in total. The van der Waals surface area contributed by atoms with Gasteiger partial charge in [0.05, 0.1) is 11.0 Å². The van der Waals surface area contributed by atoms with Crippen molar-refractivity contribution in [2.45, 2.75) is 19.8 Å². The van der Waals surface area contributed by atoms with Crippen LogP contribution in [-0.4, -0.2) is 32.7 Å². The van der Waals surface area contributed by atoms with Crippen LogP contribution < -0.4 is 9.64 Å². The molecule has 182 valence electrons. The average molecular weight is 487 g/mol. The Bertz CT molecular complexity index is 1820. The van der Waals surface area contributed by atoms with Gasteiger partial charge in [0.15, 0.2) is 0 Å². The van der Waals surface area contributed by atoms with Crippen LogP contribution in [0.25, 0.3) is 38.5 Å². The molecule has 7 rings (SSSR count). The van der Waals surface area contributed by atoms with Crippen molar-refractivity contribution in [3.05, 3.63) is 90.6 Å². The zero-order chi connectivity index (χ0) is 25.1. The average Bonchev–Trinajstić information content (AvgIpc) is 3.71. The van der Waals surface area contributed by atoms with Crippen molar-refractivity contribution in [3.8, 4) is 23.2 Å². The SMILES string of the molecule is CC(C)c1ccc(O)c2nc(Oc3ccc4c5ccccc5n(-c5cc(N6CC6)ccn5)c4c3)ccc12. The van der Waals surface area contributed by atoms with Gasteiger partial charge >= 0.3 is 0 Å². The minimum Gasteiger partial charge on any atom is -0.506 e. The Morgan fingerprint density at radius 2 is 1.65 bits per heavy atom. The number of nitrogens with zero attached hydrogens (tertiary/aromatic N) is 4. The Morgan fingerprint density at radius 1 is 0.838 bits per heavy atom. The number of para-hydroxylation sites is 1. The Hall–Kier alpha value is -4.58. The van der Waals surface area contributed by atoms with Crippen LogP contribution in [0, 0.1) is 0 Å². The number of phenolic OH excluding ortho intramolecular Hbond substituents is 1. The second-order valence-corrected chi connectivity index (χ2v) is 9.87. The number of anilines is 1. The van der Waals surface area contributed by atoms with Gasteiger partial charge in [0.2, 0.25) is 5.88 Å². The zero-order valence-electron chi connectivity index (χ0n) is 20.7. The van der Waals surface area contributed by atoms with Crippen molar-refractivity contribution >= 4 is 38.4 Å². The molecule has 0 amide bonds. The number of aromatic nitrogens is 3. The fourth-order valence-electron chi connectivity index (χ4n) is 5.18. The first-order valence-electron chi connectivity index (χ1n) is 12.6. The Morgan fingerprint density at radius 3 is 2.49 bits per heavy atom. The van der Waals surface area contributed by atoms with E-state index in [1.807, 2.05) is 36.5 Å². The van der Waals surface area contributed by atoms with Crippen molar-refractivity contribution in [1.82, 2.24) is 14.5 Å². The number of benzene rings is 3. The molecule has 1 aliphatic rings. The van der Waals surface area contributed by atoms with Crippen LogP contribution in [0.4, 0.5) is 5.69 Å². The van der Waals surface area contributed by atoms with Gasteiger partial charge in [0.1, 0.15) is 22.8 Å². The molecule has 0 saturated carbocycles. The summed E-state index contributed by atoms with van der Waals surface area (Å²) in [5, 5.41) is 13.7. The van der Waals surface area contributed by atoms with E-state index in [1.54, 1.807) is 6.07 Å². The Kier molecular flexibility index (Phi) is 4.83. The van der Waals surface area contributed by atoms with Gasteiger partial charge < -0.3 is 14.7 Å². The number of hydrogen-bond acceptors (Lipinski definition) is 5. The van der Waals surface area contributed by atoms with Crippen molar-refractivity contribution in [1.29, 1.82) is 0 Å². The van der Waals surface area contributed by atoms with Crippen molar-refractivity contribution in [2.24, 2.45) is 0 Å². The minimum absolute atomic E-state index is 0.151. The lowest BCUT2D eigenvalue weighted by Crippen LogP contribution is -2.00. The summed E-state index contributed by atoms with van der Waals surface area (Å²) in [4.78, 5) is 11.7. The van der Waals surface area contributed by atoms with Gasteiger partial charge in [-0.3, -0.25) is 4.57 Å². The topological polar surface area (TPSA) is 63.2 Å². The predicted octanol–water partition coefficient (Wildman–Crippen LogP) is 7.17. The highest BCUT2D eigenvalue weighted by Crippen LogP contribution is 2.37. The largest absolute Gasteiger partial charge is 0.506 e. The van der Waals surface area contributed by atoms with Crippen LogP contribution in [0.5, 0.6) is 17.4 Å². The first kappa shape index (κ1) is 21.7. The van der Waals surface area contributed by atoms with Gasteiger partial charge in [-0.2, -0.15) is 0 Å². The maximum absolute atomic E-state index is 10.5. The fraction of sp³-hybridized carbons (Fsp3) is 0.161. The second-order valence-electron chi connectivity index (χ2n) is 9.87. The van der Waals surface area contributed by atoms with Crippen LogP contribution >= 0.6 is 0 Å². The summed E-state index contributed by atoms with van der Waals surface area (Å²) in [5.41, 5.74) is 4.99. The second kappa shape index (κ2) is 8.23. The lowest BCUT2D eigenvalue weighted by Gasteiger charge is -2.13. The lowest BCUT2D eigenvalue weighted by atomic mass is 9.98. The molecule has 0 atom stereocenters. The quantitative estimate of drug-likeness (QED) is 0.262. The van der Waals surface area contributed by atoms with Crippen molar-refractivity contribution in [2.75, 3.05) is 18.0 Å². The molecule has 0 radical (unpaired) electrons. The van der Waals surface area contributed by atoms with Crippen LogP contribution in [0.2, 0.25) is 0 Å². The van der Waals surface area contributed by atoms with E-state index < -0.39 is 0 Å². The summed E-state index contributed by atoms with van der Waals surface area (Å²) in [5.74, 6) is 2.46. The number of aromatic hydroxyl groups is 1. The molecular weight excluding hydrogens is 460 g/mol. The first-order chi connectivity index (χ1) is 18.1. The Balaban J connectivity index is 1.35. The molecule has 0 spiro atoms. The first-order valence-corrected chi connectivity index (χ1v) is 12.6. The molecule has 1 fully saturated rings.